The summed E-state index contributed by atoms with van der Waals surface area (Å²) in [6, 6.07) is 0. The average molecular weight is 751 g/mol. The van der Waals surface area contributed by atoms with Gasteiger partial charge in [-0.2, -0.15) is 0 Å². The molecule has 0 saturated heterocycles. The minimum atomic E-state index is -4.84. The van der Waals surface area contributed by atoms with Gasteiger partial charge >= 0.3 is 19.8 Å². The topological polar surface area (TPSA) is 160 Å². The number of allylic oxidation sites excluding steroid dienone is 13. The number of aliphatic hydroxyl groups excluding tert-OH is 2. The molecule has 0 spiro atoms. The molecular formula is C41H67O10P. The molecule has 0 bridgehead atoms. The van der Waals surface area contributed by atoms with Crippen LogP contribution in [0.5, 0.6) is 0 Å². The Labute approximate surface area is 313 Å². The number of hydrogen-bond donors (Lipinski definition) is 4. The van der Waals surface area contributed by atoms with E-state index in [-0.39, 0.29) is 32.1 Å². The number of hydrogen-bond acceptors (Lipinski definition) is 8. The fourth-order valence-electron chi connectivity index (χ4n) is 4.71. The molecule has 0 aliphatic heterocycles. The lowest BCUT2D eigenvalue weighted by Crippen LogP contribution is -2.30. The number of unbranched alkanes of at least 4 members (excludes halogenated alkanes) is 5. The average Bonchev–Trinajstić information content (AvgIpc) is 3.11. The number of ether oxygens (including phenoxy) is 2. The molecule has 52 heavy (non-hydrogen) atoms. The Morgan fingerprint density at radius 1 is 0.577 bits per heavy atom. The van der Waals surface area contributed by atoms with Crippen molar-refractivity contribution in [3.05, 3.63) is 85.1 Å². The van der Waals surface area contributed by atoms with E-state index in [1.165, 1.54) is 0 Å². The second-order valence-electron chi connectivity index (χ2n) is 12.4. The third kappa shape index (κ3) is 35.5. The first kappa shape index (κ1) is 49.1. The highest BCUT2D eigenvalue weighted by Gasteiger charge is 2.23. The Morgan fingerprint density at radius 2 is 1.06 bits per heavy atom. The van der Waals surface area contributed by atoms with Crippen LogP contribution in [0.3, 0.4) is 0 Å². The molecule has 296 valence electrons. The maximum atomic E-state index is 12.4. The van der Waals surface area contributed by atoms with Crippen molar-refractivity contribution in [2.75, 3.05) is 13.2 Å². The first-order valence-electron chi connectivity index (χ1n) is 19.0. The van der Waals surface area contributed by atoms with Crippen LogP contribution in [0.2, 0.25) is 0 Å². The molecule has 0 aromatic rings. The van der Waals surface area contributed by atoms with Crippen molar-refractivity contribution < 1.29 is 48.2 Å². The van der Waals surface area contributed by atoms with Gasteiger partial charge < -0.3 is 29.5 Å². The van der Waals surface area contributed by atoms with Gasteiger partial charge in [-0.05, 0) is 83.5 Å². The van der Waals surface area contributed by atoms with Gasteiger partial charge in [-0.3, -0.25) is 14.1 Å². The molecular weight excluding hydrogens is 683 g/mol. The lowest BCUT2D eigenvalue weighted by molar-refractivity contribution is -0.161. The number of carbonyl (C=O) groups excluding carboxylic acids is 2. The Bertz CT molecular complexity index is 1150. The lowest BCUT2D eigenvalue weighted by Gasteiger charge is -2.19. The molecule has 4 N–H and O–H groups in total. The zero-order chi connectivity index (χ0) is 38.5. The molecule has 0 aliphatic carbocycles. The summed E-state index contributed by atoms with van der Waals surface area (Å²) in [4.78, 5) is 42.8. The Morgan fingerprint density at radius 3 is 1.62 bits per heavy atom. The van der Waals surface area contributed by atoms with Crippen molar-refractivity contribution >= 4 is 19.8 Å². The van der Waals surface area contributed by atoms with Gasteiger partial charge in [-0.15, -0.1) is 0 Å². The highest BCUT2D eigenvalue weighted by molar-refractivity contribution is 7.46. The fourth-order valence-corrected chi connectivity index (χ4v) is 5.07. The van der Waals surface area contributed by atoms with E-state index in [0.717, 1.165) is 77.0 Å². The summed E-state index contributed by atoms with van der Waals surface area (Å²) in [6.45, 7) is 3.17. The maximum absolute atomic E-state index is 12.4. The first-order chi connectivity index (χ1) is 25.1. The van der Waals surface area contributed by atoms with E-state index in [2.05, 4.69) is 85.2 Å². The standard InChI is InChI=1S/C41H67O10P/c1-3-5-7-9-11-13-15-17-18-19-21-23-25-27-29-33-40(44)49-35-37(36-50-52(46,47)48)51-41(45)34-30-32-39(43)38(42)31-28-26-24-22-20-16-14-12-10-8-6-4-2/h5-8,11-14,17-18,20,22,26,28,37-39,42-43H,3-4,9-10,15-16,19,21,23-25,27,29-36H2,1-2H3,(H2,46,47,48)/b7-5-,8-6-,13-11-,14-12-,18-17-,22-20-,28-26-/t37-,38-,39-/m1/s1. The second-order valence-corrected chi connectivity index (χ2v) is 13.7. The van der Waals surface area contributed by atoms with E-state index in [9.17, 15) is 24.4 Å². The molecule has 0 fully saturated rings. The summed E-state index contributed by atoms with van der Waals surface area (Å²) in [6.07, 6.45) is 39.1. The second kappa shape index (κ2) is 35.2. The van der Waals surface area contributed by atoms with Crippen LogP contribution in [0.15, 0.2) is 85.1 Å². The molecule has 0 unspecified atom stereocenters. The molecule has 0 heterocycles. The first-order valence-corrected chi connectivity index (χ1v) is 20.6. The summed E-state index contributed by atoms with van der Waals surface area (Å²) < 4.78 is 26.1. The molecule has 0 radical (unpaired) electrons. The summed E-state index contributed by atoms with van der Waals surface area (Å²) in [7, 11) is -4.84. The van der Waals surface area contributed by atoms with Gasteiger partial charge in [0.15, 0.2) is 6.10 Å². The quantitative estimate of drug-likeness (QED) is 0.0220. The summed E-state index contributed by atoms with van der Waals surface area (Å²) >= 11 is 0. The monoisotopic (exact) mass is 750 g/mol. The van der Waals surface area contributed by atoms with Crippen LogP contribution in [0.1, 0.15) is 129 Å². The van der Waals surface area contributed by atoms with Gasteiger partial charge in [-0.1, -0.05) is 118 Å². The summed E-state index contributed by atoms with van der Waals surface area (Å²) in [5.74, 6) is -1.20. The van der Waals surface area contributed by atoms with Crippen LogP contribution < -0.4 is 0 Å². The van der Waals surface area contributed by atoms with Gasteiger partial charge in [0.05, 0.1) is 18.8 Å². The van der Waals surface area contributed by atoms with E-state index >= 15 is 0 Å². The van der Waals surface area contributed by atoms with Crippen LogP contribution in [-0.4, -0.2) is 63.5 Å². The zero-order valence-electron chi connectivity index (χ0n) is 31.6. The Balaban J connectivity index is 4.28. The zero-order valence-corrected chi connectivity index (χ0v) is 32.5. The summed E-state index contributed by atoms with van der Waals surface area (Å²) in [5, 5.41) is 20.5. The van der Waals surface area contributed by atoms with Crippen molar-refractivity contribution in [2.24, 2.45) is 0 Å². The highest BCUT2D eigenvalue weighted by atomic mass is 31.2. The number of carbonyl (C=O) groups is 2. The molecule has 0 rings (SSSR count). The largest absolute Gasteiger partial charge is 0.469 e. The SMILES string of the molecule is CC/C=C\C/C=C\C/C=C\C/C=C\C[C@@H](O)[C@H](O)CCCC(=O)O[C@H](COC(=O)CCCCCCC/C=C\C/C=C\C/C=C\CC)COP(=O)(O)O. The molecule has 10 nitrogen and oxygen atoms in total. The minimum Gasteiger partial charge on any atom is -0.462 e. The molecule has 0 aromatic carbocycles. The number of aliphatic hydroxyl groups is 2. The third-order valence-electron chi connectivity index (χ3n) is 7.61. The van der Waals surface area contributed by atoms with E-state index in [1.807, 2.05) is 12.2 Å². The normalized spacial score (nSPS) is 14.7. The third-order valence-corrected chi connectivity index (χ3v) is 8.10. The van der Waals surface area contributed by atoms with Crippen molar-refractivity contribution in [3.63, 3.8) is 0 Å². The van der Waals surface area contributed by atoms with Crippen LogP contribution in [0.4, 0.5) is 0 Å². The molecule has 11 heteroatoms. The van der Waals surface area contributed by atoms with Gasteiger partial charge in [0.2, 0.25) is 0 Å². The molecule has 0 aromatic heterocycles. The highest BCUT2D eigenvalue weighted by Crippen LogP contribution is 2.36. The van der Waals surface area contributed by atoms with E-state index in [4.69, 9.17) is 19.3 Å². The van der Waals surface area contributed by atoms with Crippen LogP contribution in [0, 0.1) is 0 Å². The fraction of sp³-hybridized carbons (Fsp3) is 0.610. The van der Waals surface area contributed by atoms with Crippen molar-refractivity contribution in [1.82, 2.24) is 0 Å². The number of rotatable bonds is 33. The van der Waals surface area contributed by atoms with Gasteiger partial charge in [0.1, 0.15) is 6.61 Å². The molecule has 0 amide bonds. The van der Waals surface area contributed by atoms with Gasteiger partial charge in [-0.25, -0.2) is 4.57 Å². The maximum Gasteiger partial charge on any atom is 0.469 e. The number of phosphoric ester groups is 1. The Kier molecular flexibility index (Phi) is 33.3. The summed E-state index contributed by atoms with van der Waals surface area (Å²) in [5.41, 5.74) is 0. The van der Waals surface area contributed by atoms with E-state index < -0.39 is 51.3 Å². The minimum absolute atomic E-state index is 0.113. The van der Waals surface area contributed by atoms with Crippen LogP contribution in [0.25, 0.3) is 0 Å². The van der Waals surface area contributed by atoms with Crippen molar-refractivity contribution in [3.8, 4) is 0 Å². The van der Waals surface area contributed by atoms with Crippen molar-refractivity contribution in [1.29, 1.82) is 0 Å². The predicted octanol–water partition coefficient (Wildman–Crippen LogP) is 9.23. The number of phosphoric acid groups is 1. The number of esters is 2. The van der Waals surface area contributed by atoms with E-state index in [0.29, 0.717) is 6.42 Å². The smallest absolute Gasteiger partial charge is 0.462 e. The molecule has 0 saturated carbocycles. The predicted molar refractivity (Wildman–Crippen MR) is 209 cm³/mol. The van der Waals surface area contributed by atoms with Gasteiger partial charge in [0.25, 0.3) is 0 Å². The lowest BCUT2D eigenvalue weighted by atomic mass is 10.0. The van der Waals surface area contributed by atoms with E-state index in [1.54, 1.807) is 6.08 Å². The van der Waals surface area contributed by atoms with Crippen molar-refractivity contribution in [2.45, 2.75) is 148 Å². The Hall–Kier alpha value is -2.85. The van der Waals surface area contributed by atoms with Crippen LogP contribution >= 0.6 is 7.82 Å². The molecule has 3 atom stereocenters. The van der Waals surface area contributed by atoms with Crippen LogP contribution in [-0.2, 0) is 28.2 Å². The molecule has 0 aliphatic rings. The van der Waals surface area contributed by atoms with Gasteiger partial charge in [0, 0.05) is 12.8 Å².